The van der Waals surface area contributed by atoms with Crippen molar-refractivity contribution in [1.82, 2.24) is 0 Å². The summed E-state index contributed by atoms with van der Waals surface area (Å²) in [7, 11) is -3.81. The van der Waals surface area contributed by atoms with E-state index in [1.807, 2.05) is 6.26 Å². The lowest BCUT2D eigenvalue weighted by molar-refractivity contribution is -0.122. The van der Waals surface area contributed by atoms with Crippen molar-refractivity contribution < 1.29 is 13.6 Å². The minimum absolute atomic E-state index is 0.0474. The van der Waals surface area contributed by atoms with E-state index in [2.05, 4.69) is 79.9 Å². The molecule has 0 unspecified atom stereocenters. The Balaban J connectivity index is 2.32. The summed E-state index contributed by atoms with van der Waals surface area (Å²) < 4.78 is 13.0. The maximum atomic E-state index is 13.0. The molecule has 166 valence electrons. The van der Waals surface area contributed by atoms with Gasteiger partial charge in [0.2, 0.25) is 16.6 Å². The fourth-order valence-corrected chi connectivity index (χ4v) is 5.44. The standard InChI is InChI=1S/C24H44O3Si2/c1-23(2,3)28(7,8)26-15-14-19-17-22(27-29(9,10)24(4,5)6)20-13-11-12-18(19)16-21(20)25/h14-15,17-20H,11-13,16H2,1-10H3/b15-14+/t18-,19-,20+/m0/s1. The molecule has 0 saturated heterocycles. The van der Waals surface area contributed by atoms with Crippen molar-refractivity contribution in [2.24, 2.45) is 17.8 Å². The van der Waals surface area contributed by atoms with E-state index in [1.54, 1.807) is 0 Å². The summed E-state index contributed by atoms with van der Waals surface area (Å²) in [6.07, 6.45) is 10.2. The summed E-state index contributed by atoms with van der Waals surface area (Å²) in [5, 5.41) is 0.299. The molecule has 2 bridgehead atoms. The molecule has 0 aromatic rings. The quantitative estimate of drug-likeness (QED) is 0.332. The third-order valence-corrected chi connectivity index (χ3v) is 16.5. The van der Waals surface area contributed by atoms with Gasteiger partial charge in [0.1, 0.15) is 5.78 Å². The van der Waals surface area contributed by atoms with Gasteiger partial charge in [-0.1, -0.05) is 48.0 Å². The van der Waals surface area contributed by atoms with Crippen LogP contribution in [0.15, 0.2) is 24.2 Å². The van der Waals surface area contributed by atoms with E-state index in [0.717, 1.165) is 25.0 Å². The van der Waals surface area contributed by atoms with Gasteiger partial charge in [-0.25, -0.2) is 0 Å². The number of carbonyl (C=O) groups excluding carboxylic acids is 1. The Morgan fingerprint density at radius 2 is 1.55 bits per heavy atom. The summed E-state index contributed by atoms with van der Waals surface area (Å²) in [5.74, 6) is 1.86. The molecule has 1 fully saturated rings. The zero-order valence-electron chi connectivity index (χ0n) is 20.5. The molecule has 3 nitrogen and oxygen atoms in total. The van der Waals surface area contributed by atoms with Crippen LogP contribution in [0.5, 0.6) is 0 Å². The molecule has 0 aromatic carbocycles. The molecule has 5 heteroatoms. The van der Waals surface area contributed by atoms with E-state index in [0.29, 0.717) is 18.1 Å². The van der Waals surface area contributed by atoms with Crippen molar-refractivity contribution in [2.45, 2.75) is 103 Å². The Morgan fingerprint density at radius 1 is 0.966 bits per heavy atom. The van der Waals surface area contributed by atoms with Crippen LogP contribution >= 0.6 is 0 Å². The number of hydrogen-bond donors (Lipinski definition) is 0. The number of rotatable bonds is 5. The predicted octanol–water partition coefficient (Wildman–Crippen LogP) is 7.43. The van der Waals surface area contributed by atoms with Crippen molar-refractivity contribution in [3.05, 3.63) is 24.2 Å². The highest BCUT2D eigenvalue weighted by atomic mass is 28.4. The van der Waals surface area contributed by atoms with Crippen LogP contribution in [0.4, 0.5) is 0 Å². The third kappa shape index (κ3) is 5.66. The summed E-state index contributed by atoms with van der Waals surface area (Å²) in [5.41, 5.74) is 0. The van der Waals surface area contributed by atoms with E-state index in [-0.39, 0.29) is 21.9 Å². The van der Waals surface area contributed by atoms with E-state index in [1.165, 1.54) is 0 Å². The summed E-state index contributed by atoms with van der Waals surface area (Å²) in [4.78, 5) is 13.0. The molecule has 1 saturated carbocycles. The molecule has 3 atom stereocenters. The highest BCUT2D eigenvalue weighted by molar-refractivity contribution is 6.74. The Labute approximate surface area is 181 Å². The normalized spacial score (nSPS) is 26.9. The number of Topliss-reactive ketones (excluding diaryl/α,β-unsaturated/α-hetero) is 1. The van der Waals surface area contributed by atoms with Crippen molar-refractivity contribution in [3.63, 3.8) is 0 Å². The average molecular weight is 437 g/mol. The van der Waals surface area contributed by atoms with Crippen LogP contribution in [0.2, 0.25) is 36.3 Å². The van der Waals surface area contributed by atoms with Crippen LogP contribution in [0.25, 0.3) is 0 Å². The van der Waals surface area contributed by atoms with Crippen LogP contribution in [0, 0.1) is 17.8 Å². The molecule has 0 amide bonds. The van der Waals surface area contributed by atoms with E-state index in [4.69, 9.17) is 8.85 Å². The fraction of sp³-hybridized carbons (Fsp3) is 0.792. The first-order valence-corrected chi connectivity index (χ1v) is 17.1. The van der Waals surface area contributed by atoms with Crippen molar-refractivity contribution in [1.29, 1.82) is 0 Å². The first-order chi connectivity index (χ1) is 13.1. The highest BCUT2D eigenvalue weighted by Gasteiger charge is 2.43. The summed E-state index contributed by atoms with van der Waals surface area (Å²) in [6.45, 7) is 22.6. The van der Waals surface area contributed by atoms with E-state index < -0.39 is 16.6 Å². The lowest BCUT2D eigenvalue weighted by atomic mass is 9.86. The Hall–Kier alpha value is -0.816. The van der Waals surface area contributed by atoms with Crippen LogP contribution in [0.3, 0.4) is 0 Å². The molecule has 0 N–H and O–H groups in total. The van der Waals surface area contributed by atoms with Gasteiger partial charge in [0.25, 0.3) is 0 Å². The lowest BCUT2D eigenvalue weighted by Gasteiger charge is -2.39. The molecule has 29 heavy (non-hydrogen) atoms. The van der Waals surface area contributed by atoms with Crippen molar-refractivity contribution in [3.8, 4) is 0 Å². The summed E-state index contributed by atoms with van der Waals surface area (Å²) >= 11 is 0. The molecule has 0 aliphatic heterocycles. The number of carbonyl (C=O) groups is 1. The van der Waals surface area contributed by atoms with E-state index in [9.17, 15) is 4.79 Å². The maximum absolute atomic E-state index is 13.0. The molecule has 0 aromatic heterocycles. The molecular weight excluding hydrogens is 392 g/mol. The van der Waals surface area contributed by atoms with Gasteiger partial charge in [0.15, 0.2) is 0 Å². The van der Waals surface area contributed by atoms with Gasteiger partial charge in [-0.3, -0.25) is 4.79 Å². The predicted molar refractivity (Wildman–Crippen MR) is 128 cm³/mol. The topological polar surface area (TPSA) is 35.5 Å². The molecule has 0 spiro atoms. The fourth-order valence-electron chi connectivity index (χ4n) is 3.56. The molecule has 2 rings (SSSR count). The first-order valence-electron chi connectivity index (χ1n) is 11.3. The number of fused-ring (bicyclic) bond motifs is 3. The second kappa shape index (κ2) is 8.37. The van der Waals surface area contributed by atoms with E-state index >= 15 is 0 Å². The SMILES string of the molecule is CC(C)(C)[Si](C)(C)O/C=C/[C@H]1C=C(O[Si](C)(C)C(C)(C)C)[C@@H]2CCC[C@H]1CC2=O. The summed E-state index contributed by atoms with van der Waals surface area (Å²) in [6, 6.07) is 0. The molecule has 2 aliphatic carbocycles. The molecule has 0 heterocycles. The van der Waals surface area contributed by atoms with Crippen molar-refractivity contribution in [2.75, 3.05) is 0 Å². The highest BCUT2D eigenvalue weighted by Crippen LogP contribution is 2.44. The zero-order chi connectivity index (χ0) is 22.3. The largest absolute Gasteiger partial charge is 0.549 e. The Kier molecular flexibility index (Phi) is 7.06. The minimum atomic E-state index is -1.98. The lowest BCUT2D eigenvalue weighted by Crippen LogP contribution is -2.41. The maximum Gasteiger partial charge on any atom is 0.250 e. The average Bonchev–Trinajstić information content (AvgIpc) is 2.77. The zero-order valence-corrected chi connectivity index (χ0v) is 22.5. The van der Waals surface area contributed by atoms with Crippen LogP contribution < -0.4 is 0 Å². The monoisotopic (exact) mass is 436 g/mol. The third-order valence-electron chi connectivity index (χ3n) is 7.81. The Morgan fingerprint density at radius 3 is 2.10 bits per heavy atom. The van der Waals surface area contributed by atoms with Crippen LogP contribution in [-0.2, 0) is 13.6 Å². The second-order valence-electron chi connectivity index (χ2n) is 12.1. The van der Waals surface area contributed by atoms with Gasteiger partial charge < -0.3 is 8.85 Å². The Bertz CT molecular complexity index is 663. The van der Waals surface area contributed by atoms with Gasteiger partial charge in [0.05, 0.1) is 17.9 Å². The number of ketones is 1. The van der Waals surface area contributed by atoms with Gasteiger partial charge in [0, 0.05) is 12.3 Å². The van der Waals surface area contributed by atoms with Gasteiger partial charge in [-0.2, -0.15) is 0 Å². The van der Waals surface area contributed by atoms with Crippen LogP contribution in [0.1, 0.15) is 67.2 Å². The van der Waals surface area contributed by atoms with Crippen LogP contribution in [-0.4, -0.2) is 22.4 Å². The van der Waals surface area contributed by atoms with Gasteiger partial charge in [-0.15, -0.1) is 0 Å². The smallest absolute Gasteiger partial charge is 0.250 e. The van der Waals surface area contributed by atoms with Gasteiger partial charge in [-0.05, 0) is 67.2 Å². The van der Waals surface area contributed by atoms with Gasteiger partial charge >= 0.3 is 0 Å². The minimum Gasteiger partial charge on any atom is -0.549 e. The number of allylic oxidation sites excluding steroid dienone is 3. The first kappa shape index (κ1) is 24.5. The number of hydrogen-bond acceptors (Lipinski definition) is 3. The molecule has 0 radical (unpaired) electrons. The molecular formula is C24H44O3Si2. The van der Waals surface area contributed by atoms with Crippen molar-refractivity contribution >= 4 is 22.4 Å². The second-order valence-corrected chi connectivity index (χ2v) is 21.6. The molecule has 2 aliphatic rings.